The number of hydrogen-bond acceptors (Lipinski definition) is 2. The van der Waals surface area contributed by atoms with E-state index in [-0.39, 0.29) is 18.2 Å². The van der Waals surface area contributed by atoms with Gasteiger partial charge in [0.05, 0.1) is 10.8 Å². The average Bonchev–Trinajstić information content (AvgIpc) is 2.56. The van der Waals surface area contributed by atoms with E-state index in [0.29, 0.717) is 5.75 Å². The van der Waals surface area contributed by atoms with Crippen molar-refractivity contribution in [2.45, 2.75) is 0 Å². The number of nitrogens with one attached hydrogen (secondary N) is 1. The minimum absolute atomic E-state index is 0. The predicted molar refractivity (Wildman–Crippen MR) is 86.2 cm³/mol. The number of fused-ring (bicyclic) bond motifs is 2. The zero-order valence-corrected chi connectivity index (χ0v) is 12.9. The summed E-state index contributed by atoms with van der Waals surface area (Å²) in [5, 5.41) is 11.9. The van der Waals surface area contributed by atoms with Gasteiger partial charge in [0.2, 0.25) is 11.0 Å². The molecule has 3 nitrogen and oxygen atoms in total. The molecule has 0 saturated heterocycles. The monoisotopic (exact) mass is 323 g/mol. The Morgan fingerprint density at radius 1 is 0.696 bits per heavy atom. The maximum Gasteiger partial charge on any atom is 0.215 e. The van der Waals surface area contributed by atoms with Crippen molar-refractivity contribution in [1.82, 2.24) is 0 Å². The molecule has 0 aliphatic heterocycles. The predicted octanol–water partition coefficient (Wildman–Crippen LogP) is 1.31. The van der Waals surface area contributed by atoms with Crippen molar-refractivity contribution in [3.8, 4) is 17.2 Å². The Balaban J connectivity index is 0.00000156. The van der Waals surface area contributed by atoms with E-state index >= 15 is 0 Å². The second-order valence-corrected chi connectivity index (χ2v) is 5.12. The zero-order valence-electron chi connectivity index (χ0n) is 12.2. The molecule has 4 rings (SSSR count). The normalized spacial score (nSPS) is 10.4. The van der Waals surface area contributed by atoms with Gasteiger partial charge in [-0.25, -0.2) is 4.98 Å². The van der Waals surface area contributed by atoms with Gasteiger partial charge < -0.3 is 22.3 Å². The van der Waals surface area contributed by atoms with E-state index < -0.39 is 0 Å². The van der Waals surface area contributed by atoms with E-state index in [1.54, 1.807) is 18.2 Å². The molecule has 2 N–H and O–H groups in total. The van der Waals surface area contributed by atoms with Crippen LogP contribution in [0.2, 0.25) is 0 Å². The van der Waals surface area contributed by atoms with Gasteiger partial charge in [-0.3, -0.25) is 0 Å². The van der Waals surface area contributed by atoms with E-state index in [0.717, 1.165) is 27.6 Å². The Morgan fingerprint density at radius 3 is 1.83 bits per heavy atom. The molecule has 0 saturated carbocycles. The number of halogens is 1. The van der Waals surface area contributed by atoms with Crippen molar-refractivity contribution in [2.24, 2.45) is 0 Å². The molecular formula is C19H14ClNO2. The van der Waals surface area contributed by atoms with E-state index in [1.807, 2.05) is 54.6 Å². The van der Waals surface area contributed by atoms with Crippen LogP contribution in [-0.2, 0) is 0 Å². The summed E-state index contributed by atoms with van der Waals surface area (Å²) in [6, 6.07) is 23.0. The summed E-state index contributed by atoms with van der Waals surface area (Å²) < 4.78 is 6.07. The van der Waals surface area contributed by atoms with Gasteiger partial charge in [0, 0.05) is 12.1 Å². The van der Waals surface area contributed by atoms with E-state index in [4.69, 9.17) is 4.74 Å². The smallest absolute Gasteiger partial charge is 0.215 e. The second kappa shape index (κ2) is 6.15. The number of rotatable bonds is 2. The van der Waals surface area contributed by atoms with Crippen LogP contribution in [0.4, 0.5) is 0 Å². The third-order valence-electron chi connectivity index (χ3n) is 3.69. The number of phenolic OH excluding ortho intramolecular Hbond substituents is 1. The first kappa shape index (κ1) is 15.1. The third-order valence-corrected chi connectivity index (χ3v) is 3.69. The van der Waals surface area contributed by atoms with E-state index in [2.05, 4.69) is 4.98 Å². The Kier molecular flexibility index (Phi) is 4.04. The molecule has 0 spiro atoms. The number of ether oxygens (including phenoxy) is 1. The molecule has 4 aromatic rings. The minimum Gasteiger partial charge on any atom is -1.00 e. The fraction of sp³-hybridized carbons (Fsp3) is 0. The van der Waals surface area contributed by atoms with Gasteiger partial charge in [-0.1, -0.05) is 36.4 Å². The summed E-state index contributed by atoms with van der Waals surface area (Å²) in [5.74, 6) is 1.32. The van der Waals surface area contributed by atoms with Gasteiger partial charge in [0.1, 0.15) is 0 Å². The number of aromatic nitrogens is 1. The topological polar surface area (TPSA) is 43.6 Å². The van der Waals surface area contributed by atoms with Gasteiger partial charge in [0.25, 0.3) is 0 Å². The Bertz CT molecular complexity index is 931. The SMILES string of the molecule is Oc1ccccc1Oc1c2ccccc2[nH+]c2ccccc12.[Cl-]. The number of aromatic hydroxyl groups is 1. The van der Waals surface area contributed by atoms with Gasteiger partial charge in [-0.05, 0) is 24.3 Å². The van der Waals surface area contributed by atoms with Crippen LogP contribution in [0.1, 0.15) is 0 Å². The molecule has 0 atom stereocenters. The quantitative estimate of drug-likeness (QED) is 0.565. The van der Waals surface area contributed by atoms with Crippen LogP contribution in [0.25, 0.3) is 21.8 Å². The highest BCUT2D eigenvalue weighted by Gasteiger charge is 2.16. The number of para-hydroxylation sites is 4. The first-order valence-electron chi connectivity index (χ1n) is 7.11. The first-order valence-corrected chi connectivity index (χ1v) is 7.11. The maximum atomic E-state index is 9.98. The largest absolute Gasteiger partial charge is 1.00 e. The summed E-state index contributed by atoms with van der Waals surface area (Å²) in [7, 11) is 0. The molecule has 23 heavy (non-hydrogen) atoms. The van der Waals surface area contributed by atoms with Crippen LogP contribution < -0.4 is 22.1 Å². The molecule has 1 aromatic heterocycles. The maximum absolute atomic E-state index is 9.98. The number of benzene rings is 3. The summed E-state index contributed by atoms with van der Waals surface area (Å²) >= 11 is 0. The van der Waals surface area contributed by atoms with Crippen molar-refractivity contribution < 1.29 is 27.2 Å². The summed E-state index contributed by atoms with van der Waals surface area (Å²) in [4.78, 5) is 3.41. The average molecular weight is 324 g/mol. The van der Waals surface area contributed by atoms with Crippen molar-refractivity contribution in [3.63, 3.8) is 0 Å². The first-order chi connectivity index (χ1) is 10.8. The lowest BCUT2D eigenvalue weighted by molar-refractivity contribution is -0.310. The number of phenols is 1. The molecule has 0 aliphatic carbocycles. The van der Waals surface area contributed by atoms with Crippen molar-refractivity contribution >= 4 is 21.8 Å². The Hall–Kier alpha value is -2.78. The molecule has 0 radical (unpaired) electrons. The molecule has 0 aliphatic rings. The Labute approximate surface area is 139 Å². The van der Waals surface area contributed by atoms with Crippen LogP contribution >= 0.6 is 0 Å². The van der Waals surface area contributed by atoms with Gasteiger partial charge in [-0.15, -0.1) is 0 Å². The summed E-state index contributed by atoms with van der Waals surface area (Å²) in [6.07, 6.45) is 0. The summed E-state index contributed by atoms with van der Waals surface area (Å²) in [6.45, 7) is 0. The number of aromatic amines is 1. The van der Waals surface area contributed by atoms with Crippen molar-refractivity contribution in [1.29, 1.82) is 0 Å². The Morgan fingerprint density at radius 2 is 1.22 bits per heavy atom. The summed E-state index contributed by atoms with van der Waals surface area (Å²) in [5.41, 5.74) is 1.98. The van der Waals surface area contributed by atoms with Crippen LogP contribution in [-0.4, -0.2) is 5.11 Å². The van der Waals surface area contributed by atoms with Crippen LogP contribution in [0.15, 0.2) is 72.8 Å². The standard InChI is InChI=1S/C19H13NO2.ClH/c21-17-11-5-6-12-18(17)22-19-13-7-1-3-9-15(13)20-16-10-4-2-8-14(16)19;/h1-12,21H;1H. The fourth-order valence-electron chi connectivity index (χ4n) is 2.63. The van der Waals surface area contributed by atoms with Crippen molar-refractivity contribution in [2.75, 3.05) is 0 Å². The molecule has 114 valence electrons. The molecule has 0 bridgehead atoms. The van der Waals surface area contributed by atoms with Crippen LogP contribution in [0.5, 0.6) is 17.2 Å². The molecule has 4 heteroatoms. The minimum atomic E-state index is 0. The highest BCUT2D eigenvalue weighted by Crippen LogP contribution is 2.37. The van der Waals surface area contributed by atoms with Crippen LogP contribution in [0, 0.1) is 0 Å². The lowest BCUT2D eigenvalue weighted by Crippen LogP contribution is -3.00. The van der Waals surface area contributed by atoms with E-state index in [9.17, 15) is 5.11 Å². The molecule has 0 fully saturated rings. The molecule has 1 heterocycles. The zero-order chi connectivity index (χ0) is 14.9. The number of H-pyrrole nitrogens is 1. The van der Waals surface area contributed by atoms with Gasteiger partial charge in [0.15, 0.2) is 17.2 Å². The second-order valence-electron chi connectivity index (χ2n) is 5.12. The lowest BCUT2D eigenvalue weighted by Gasteiger charge is -2.10. The van der Waals surface area contributed by atoms with Gasteiger partial charge >= 0.3 is 0 Å². The fourth-order valence-corrected chi connectivity index (χ4v) is 2.63. The lowest BCUT2D eigenvalue weighted by atomic mass is 10.1. The van der Waals surface area contributed by atoms with Crippen LogP contribution in [0.3, 0.4) is 0 Å². The molecule has 0 amide bonds. The number of hydrogen-bond donors (Lipinski definition) is 1. The van der Waals surface area contributed by atoms with Crippen molar-refractivity contribution in [3.05, 3.63) is 72.8 Å². The third kappa shape index (κ3) is 2.67. The molecular weight excluding hydrogens is 310 g/mol. The van der Waals surface area contributed by atoms with E-state index in [1.165, 1.54) is 0 Å². The molecule has 0 unspecified atom stereocenters. The molecule has 3 aromatic carbocycles. The highest BCUT2D eigenvalue weighted by atomic mass is 35.5. The number of pyridine rings is 1. The van der Waals surface area contributed by atoms with Gasteiger partial charge in [-0.2, -0.15) is 0 Å². The highest BCUT2D eigenvalue weighted by molar-refractivity contribution is 5.97.